The monoisotopic (exact) mass is 422 g/mol. The highest BCUT2D eigenvalue weighted by molar-refractivity contribution is 5.91. The third-order valence-corrected chi connectivity index (χ3v) is 5.50. The first-order valence-electron chi connectivity index (χ1n) is 10.2. The zero-order valence-electron chi connectivity index (χ0n) is 17.2. The number of aromatic nitrogens is 4. The molecule has 3 aromatic rings. The minimum absolute atomic E-state index is 0.0635. The molecular weight excluding hydrogens is 399 g/mol. The van der Waals surface area contributed by atoms with Crippen molar-refractivity contribution in [2.45, 2.75) is 32.2 Å². The molecule has 2 aromatic heterocycles. The van der Waals surface area contributed by atoms with Gasteiger partial charge in [0.1, 0.15) is 11.5 Å². The fourth-order valence-electron chi connectivity index (χ4n) is 3.93. The minimum atomic E-state index is -0.345. The van der Waals surface area contributed by atoms with Gasteiger partial charge < -0.3 is 10.2 Å². The number of rotatable bonds is 5. The molecule has 0 spiro atoms. The average molecular weight is 422 g/mol. The van der Waals surface area contributed by atoms with Gasteiger partial charge in [0.05, 0.1) is 23.8 Å². The molecule has 0 unspecified atom stereocenters. The summed E-state index contributed by atoms with van der Waals surface area (Å²) in [6.45, 7) is 3.14. The van der Waals surface area contributed by atoms with Crippen LogP contribution in [0, 0.1) is 5.82 Å². The van der Waals surface area contributed by atoms with E-state index in [0.717, 1.165) is 24.1 Å². The fourth-order valence-corrected chi connectivity index (χ4v) is 3.93. The molecule has 4 rings (SSSR count). The Morgan fingerprint density at radius 3 is 2.68 bits per heavy atom. The highest BCUT2D eigenvalue weighted by Gasteiger charge is 2.27. The van der Waals surface area contributed by atoms with Gasteiger partial charge in [-0.1, -0.05) is 6.07 Å². The quantitative estimate of drug-likeness (QED) is 0.682. The minimum Gasteiger partial charge on any atom is -0.346 e. The lowest BCUT2D eigenvalue weighted by Gasteiger charge is -2.32. The Labute approximate surface area is 179 Å². The van der Waals surface area contributed by atoms with Gasteiger partial charge in [-0.15, -0.1) is 0 Å². The molecule has 2 amide bonds. The van der Waals surface area contributed by atoms with E-state index in [-0.39, 0.29) is 35.8 Å². The van der Waals surface area contributed by atoms with Crippen molar-refractivity contribution in [1.29, 1.82) is 0 Å². The summed E-state index contributed by atoms with van der Waals surface area (Å²) in [5.74, 6) is -0.481. The Kier molecular flexibility index (Phi) is 6.01. The van der Waals surface area contributed by atoms with E-state index in [1.54, 1.807) is 29.9 Å². The highest BCUT2D eigenvalue weighted by atomic mass is 19.1. The first-order valence-corrected chi connectivity index (χ1v) is 10.2. The molecule has 3 heterocycles. The van der Waals surface area contributed by atoms with Crippen molar-refractivity contribution in [3.05, 3.63) is 71.8 Å². The number of carbonyl (C=O) groups excluding carboxylic acids is 2. The molecule has 1 aliphatic heterocycles. The number of likely N-dealkylation sites (tertiary alicyclic amines) is 1. The number of hydrogen-bond donors (Lipinski definition) is 1. The van der Waals surface area contributed by atoms with Gasteiger partial charge in [0, 0.05) is 50.4 Å². The number of piperidine rings is 1. The summed E-state index contributed by atoms with van der Waals surface area (Å²) < 4.78 is 15.6. The van der Waals surface area contributed by atoms with Crippen LogP contribution < -0.4 is 5.32 Å². The Bertz CT molecular complexity index is 1080. The topological polar surface area (TPSA) is 93.0 Å². The van der Waals surface area contributed by atoms with Crippen LogP contribution in [0.4, 0.5) is 4.39 Å². The van der Waals surface area contributed by atoms with Crippen molar-refractivity contribution in [3.63, 3.8) is 0 Å². The van der Waals surface area contributed by atoms with Gasteiger partial charge in [0.15, 0.2) is 0 Å². The lowest BCUT2D eigenvalue weighted by atomic mass is 9.91. The van der Waals surface area contributed by atoms with Gasteiger partial charge in [0.2, 0.25) is 5.91 Å². The molecule has 9 heteroatoms. The first-order chi connectivity index (χ1) is 15.0. The van der Waals surface area contributed by atoms with E-state index in [1.807, 2.05) is 4.90 Å². The molecule has 1 aliphatic rings. The molecule has 160 valence electrons. The summed E-state index contributed by atoms with van der Waals surface area (Å²) >= 11 is 0. The van der Waals surface area contributed by atoms with E-state index in [4.69, 9.17) is 0 Å². The molecule has 0 saturated carbocycles. The second-order valence-corrected chi connectivity index (χ2v) is 7.50. The molecule has 31 heavy (non-hydrogen) atoms. The zero-order valence-corrected chi connectivity index (χ0v) is 17.2. The Morgan fingerprint density at radius 1 is 1.19 bits per heavy atom. The van der Waals surface area contributed by atoms with E-state index in [9.17, 15) is 14.0 Å². The first kappa shape index (κ1) is 20.6. The molecule has 1 saturated heterocycles. The molecular formula is C22H23FN6O2. The van der Waals surface area contributed by atoms with E-state index < -0.39 is 0 Å². The number of carbonyl (C=O) groups is 2. The molecule has 0 aliphatic carbocycles. The van der Waals surface area contributed by atoms with Gasteiger partial charge in [-0.2, -0.15) is 5.10 Å². The predicted octanol–water partition coefficient (Wildman–Crippen LogP) is 2.46. The van der Waals surface area contributed by atoms with Crippen LogP contribution in [0.2, 0.25) is 0 Å². The number of nitrogens with zero attached hydrogens (tertiary/aromatic N) is 5. The maximum atomic E-state index is 13.9. The molecule has 1 N–H and O–H groups in total. The van der Waals surface area contributed by atoms with Crippen molar-refractivity contribution >= 4 is 11.8 Å². The molecule has 0 bridgehead atoms. The van der Waals surface area contributed by atoms with Crippen molar-refractivity contribution in [2.75, 3.05) is 13.1 Å². The SMILES string of the molecule is CC(=O)N1CCC(c2c(CNC(=O)c3cnccn3)cnn2-c2cccc(F)c2)CC1. The summed E-state index contributed by atoms with van der Waals surface area (Å²) in [6, 6.07) is 6.26. The van der Waals surface area contributed by atoms with Gasteiger partial charge in [-0.25, -0.2) is 14.1 Å². The lowest BCUT2D eigenvalue weighted by molar-refractivity contribution is -0.129. The molecule has 1 fully saturated rings. The molecule has 0 radical (unpaired) electrons. The van der Waals surface area contributed by atoms with Crippen LogP contribution in [0.15, 0.2) is 49.1 Å². The van der Waals surface area contributed by atoms with Crippen LogP contribution in [0.3, 0.4) is 0 Å². The second kappa shape index (κ2) is 9.03. The highest BCUT2D eigenvalue weighted by Crippen LogP contribution is 2.32. The summed E-state index contributed by atoms with van der Waals surface area (Å²) in [7, 11) is 0. The van der Waals surface area contributed by atoms with Gasteiger partial charge in [-0.3, -0.25) is 14.6 Å². The van der Waals surface area contributed by atoms with Gasteiger partial charge in [0.25, 0.3) is 5.91 Å². The number of amides is 2. The van der Waals surface area contributed by atoms with Crippen molar-refractivity contribution in [1.82, 2.24) is 30.0 Å². The fraction of sp³-hybridized carbons (Fsp3) is 0.318. The van der Waals surface area contributed by atoms with E-state index in [1.165, 1.54) is 30.7 Å². The van der Waals surface area contributed by atoms with Gasteiger partial charge in [-0.05, 0) is 31.0 Å². The Balaban J connectivity index is 1.61. The Hall–Kier alpha value is -3.62. The largest absolute Gasteiger partial charge is 0.346 e. The Morgan fingerprint density at radius 2 is 2.00 bits per heavy atom. The van der Waals surface area contributed by atoms with Crippen molar-refractivity contribution in [3.8, 4) is 5.69 Å². The maximum Gasteiger partial charge on any atom is 0.271 e. The molecule has 0 atom stereocenters. The van der Waals surface area contributed by atoms with E-state index in [2.05, 4.69) is 20.4 Å². The number of halogens is 1. The number of nitrogens with one attached hydrogen (secondary N) is 1. The zero-order chi connectivity index (χ0) is 21.8. The maximum absolute atomic E-state index is 13.9. The normalized spacial score (nSPS) is 14.5. The van der Waals surface area contributed by atoms with E-state index in [0.29, 0.717) is 18.8 Å². The van der Waals surface area contributed by atoms with Gasteiger partial charge >= 0.3 is 0 Å². The third kappa shape index (κ3) is 4.60. The van der Waals surface area contributed by atoms with E-state index >= 15 is 0 Å². The van der Waals surface area contributed by atoms with Crippen LogP contribution in [0.1, 0.15) is 47.4 Å². The second-order valence-electron chi connectivity index (χ2n) is 7.50. The van der Waals surface area contributed by atoms with Crippen LogP contribution in [-0.2, 0) is 11.3 Å². The summed E-state index contributed by atoms with van der Waals surface area (Å²) in [4.78, 5) is 33.9. The summed E-state index contributed by atoms with van der Waals surface area (Å²) in [5.41, 5.74) is 2.63. The molecule has 8 nitrogen and oxygen atoms in total. The number of benzene rings is 1. The van der Waals surface area contributed by atoms with Crippen LogP contribution in [0.25, 0.3) is 5.69 Å². The summed E-state index contributed by atoms with van der Waals surface area (Å²) in [6.07, 6.45) is 7.62. The van der Waals surface area contributed by atoms with Crippen LogP contribution in [0.5, 0.6) is 0 Å². The van der Waals surface area contributed by atoms with Crippen LogP contribution in [-0.4, -0.2) is 49.6 Å². The van der Waals surface area contributed by atoms with Crippen LogP contribution >= 0.6 is 0 Å². The summed E-state index contributed by atoms with van der Waals surface area (Å²) in [5, 5.41) is 7.36. The standard InChI is InChI=1S/C22H23FN6O2/c1-15(30)28-9-5-16(6-10-28)21-17(12-26-22(31)20-14-24-7-8-25-20)13-27-29(21)19-4-2-3-18(23)11-19/h2-4,7-8,11,13-14,16H,5-6,9-10,12H2,1H3,(H,26,31). The number of hydrogen-bond acceptors (Lipinski definition) is 5. The smallest absolute Gasteiger partial charge is 0.271 e. The van der Waals surface area contributed by atoms with Crippen molar-refractivity contribution < 1.29 is 14.0 Å². The third-order valence-electron chi connectivity index (χ3n) is 5.50. The predicted molar refractivity (Wildman–Crippen MR) is 111 cm³/mol. The lowest BCUT2D eigenvalue weighted by Crippen LogP contribution is -2.37. The molecule has 1 aromatic carbocycles. The average Bonchev–Trinajstić information content (AvgIpc) is 3.22. The van der Waals surface area contributed by atoms with Crippen molar-refractivity contribution in [2.24, 2.45) is 0 Å².